The second-order valence-electron chi connectivity index (χ2n) is 3.47. The Hall–Kier alpha value is -2.43. The third-order valence-electron chi connectivity index (χ3n) is 2.23. The fourth-order valence-corrected chi connectivity index (χ4v) is 1.48. The van der Waals surface area contributed by atoms with Crippen LogP contribution >= 0.6 is 0 Å². The molecular formula is C12H8FNO3. The number of hydrogen-bond acceptors (Lipinski definition) is 2. The molecular weight excluding hydrogens is 225 g/mol. The lowest BCUT2D eigenvalue weighted by Gasteiger charge is -2.03. The highest BCUT2D eigenvalue weighted by Gasteiger charge is 2.08. The van der Waals surface area contributed by atoms with E-state index in [0.717, 1.165) is 12.1 Å². The van der Waals surface area contributed by atoms with E-state index < -0.39 is 11.8 Å². The standard InChI is InChI=1S/C12H8FNO3/c13-9-4-7(3-8(5-9)12(16)17)11-6-10(15)1-2-14-11/h1-6H,(H,14,15)(H,16,17). The average Bonchev–Trinajstić information content (AvgIpc) is 2.28. The maximum Gasteiger partial charge on any atom is 0.335 e. The Bertz CT molecular complexity index is 634. The van der Waals surface area contributed by atoms with Crippen LogP contribution in [-0.4, -0.2) is 16.1 Å². The summed E-state index contributed by atoms with van der Waals surface area (Å²) in [6.45, 7) is 0. The summed E-state index contributed by atoms with van der Waals surface area (Å²) < 4.78 is 13.2. The molecule has 1 aromatic carbocycles. The van der Waals surface area contributed by atoms with Crippen LogP contribution in [0.25, 0.3) is 11.3 Å². The number of hydrogen-bond donors (Lipinski definition) is 2. The molecule has 0 unspecified atom stereocenters. The highest BCUT2D eigenvalue weighted by molar-refractivity contribution is 5.89. The van der Waals surface area contributed by atoms with E-state index in [9.17, 15) is 14.0 Å². The molecule has 0 radical (unpaired) electrons. The monoisotopic (exact) mass is 233 g/mol. The zero-order valence-electron chi connectivity index (χ0n) is 8.61. The van der Waals surface area contributed by atoms with Gasteiger partial charge in [-0.1, -0.05) is 0 Å². The molecule has 2 N–H and O–H groups in total. The van der Waals surface area contributed by atoms with Crippen LogP contribution in [0.15, 0.2) is 41.3 Å². The molecule has 0 bridgehead atoms. The Morgan fingerprint density at radius 2 is 2.00 bits per heavy atom. The van der Waals surface area contributed by atoms with E-state index in [4.69, 9.17) is 5.11 Å². The quantitative estimate of drug-likeness (QED) is 0.831. The van der Waals surface area contributed by atoms with Crippen molar-refractivity contribution in [2.24, 2.45) is 0 Å². The van der Waals surface area contributed by atoms with Crippen LogP contribution in [0.3, 0.4) is 0 Å². The first kappa shape index (κ1) is 11.1. The second-order valence-corrected chi connectivity index (χ2v) is 3.47. The molecule has 86 valence electrons. The number of carboxylic acids is 1. The largest absolute Gasteiger partial charge is 0.478 e. The number of aromatic carboxylic acids is 1. The van der Waals surface area contributed by atoms with Gasteiger partial charge < -0.3 is 10.1 Å². The molecule has 0 spiro atoms. The van der Waals surface area contributed by atoms with E-state index in [2.05, 4.69) is 4.98 Å². The summed E-state index contributed by atoms with van der Waals surface area (Å²) in [5.74, 6) is -1.88. The van der Waals surface area contributed by atoms with E-state index in [1.165, 1.54) is 24.4 Å². The van der Waals surface area contributed by atoms with Crippen molar-refractivity contribution >= 4 is 5.97 Å². The number of aromatic nitrogens is 1. The summed E-state index contributed by atoms with van der Waals surface area (Å²) >= 11 is 0. The van der Waals surface area contributed by atoms with Crippen molar-refractivity contribution in [1.82, 2.24) is 4.98 Å². The van der Waals surface area contributed by atoms with Crippen LogP contribution in [0, 0.1) is 5.82 Å². The van der Waals surface area contributed by atoms with Crippen LogP contribution in [-0.2, 0) is 0 Å². The summed E-state index contributed by atoms with van der Waals surface area (Å²) in [4.78, 5) is 24.7. The predicted molar refractivity (Wildman–Crippen MR) is 59.4 cm³/mol. The van der Waals surface area contributed by atoms with Gasteiger partial charge in [0, 0.05) is 29.6 Å². The summed E-state index contributed by atoms with van der Waals surface area (Å²) in [6, 6.07) is 5.99. The molecule has 0 fully saturated rings. The summed E-state index contributed by atoms with van der Waals surface area (Å²) in [5, 5.41) is 8.80. The van der Waals surface area contributed by atoms with Gasteiger partial charge in [-0.05, 0) is 18.2 Å². The summed E-state index contributed by atoms with van der Waals surface area (Å²) in [5.41, 5.74) is 0.296. The number of nitrogens with one attached hydrogen (secondary N) is 1. The zero-order chi connectivity index (χ0) is 12.4. The summed E-state index contributed by atoms with van der Waals surface area (Å²) in [6.07, 6.45) is 1.42. The van der Waals surface area contributed by atoms with Crippen molar-refractivity contribution in [2.75, 3.05) is 0 Å². The van der Waals surface area contributed by atoms with Gasteiger partial charge in [-0.3, -0.25) is 4.79 Å². The van der Waals surface area contributed by atoms with Gasteiger partial charge in [-0.2, -0.15) is 0 Å². The molecule has 0 saturated carbocycles. The Morgan fingerprint density at radius 1 is 1.24 bits per heavy atom. The molecule has 0 amide bonds. The van der Waals surface area contributed by atoms with Crippen molar-refractivity contribution in [3.8, 4) is 11.3 Å². The zero-order valence-corrected chi connectivity index (χ0v) is 8.61. The van der Waals surface area contributed by atoms with E-state index in [1.807, 2.05) is 0 Å². The number of aromatic amines is 1. The maximum absolute atomic E-state index is 13.2. The van der Waals surface area contributed by atoms with Gasteiger partial charge in [0.1, 0.15) is 5.82 Å². The van der Waals surface area contributed by atoms with Crippen molar-refractivity contribution in [3.05, 3.63) is 58.1 Å². The highest BCUT2D eigenvalue weighted by Crippen LogP contribution is 2.18. The minimum atomic E-state index is -1.22. The van der Waals surface area contributed by atoms with Gasteiger partial charge >= 0.3 is 5.97 Å². The molecule has 2 rings (SSSR count). The van der Waals surface area contributed by atoms with E-state index in [-0.39, 0.29) is 11.0 Å². The van der Waals surface area contributed by atoms with Crippen LogP contribution < -0.4 is 5.43 Å². The number of rotatable bonds is 2. The number of carbonyl (C=O) groups is 1. The fraction of sp³-hybridized carbons (Fsp3) is 0. The van der Waals surface area contributed by atoms with Crippen LogP contribution in [0.1, 0.15) is 10.4 Å². The van der Waals surface area contributed by atoms with E-state index >= 15 is 0 Å². The maximum atomic E-state index is 13.2. The first-order valence-electron chi connectivity index (χ1n) is 4.79. The van der Waals surface area contributed by atoms with Crippen LogP contribution in [0.5, 0.6) is 0 Å². The minimum Gasteiger partial charge on any atom is -0.478 e. The molecule has 17 heavy (non-hydrogen) atoms. The highest BCUT2D eigenvalue weighted by atomic mass is 19.1. The normalized spacial score (nSPS) is 10.2. The van der Waals surface area contributed by atoms with Crippen LogP contribution in [0.4, 0.5) is 4.39 Å². The number of benzene rings is 1. The minimum absolute atomic E-state index is 0.162. The average molecular weight is 233 g/mol. The molecule has 1 heterocycles. The Morgan fingerprint density at radius 3 is 2.65 bits per heavy atom. The smallest absolute Gasteiger partial charge is 0.335 e. The first-order chi connectivity index (χ1) is 8.06. The van der Waals surface area contributed by atoms with Crippen molar-refractivity contribution in [1.29, 1.82) is 0 Å². The molecule has 0 aliphatic heterocycles. The molecule has 0 aliphatic carbocycles. The van der Waals surface area contributed by atoms with Crippen molar-refractivity contribution in [3.63, 3.8) is 0 Å². The number of pyridine rings is 1. The fourth-order valence-electron chi connectivity index (χ4n) is 1.48. The van der Waals surface area contributed by atoms with E-state index in [0.29, 0.717) is 11.3 Å². The van der Waals surface area contributed by atoms with Gasteiger partial charge in [-0.25, -0.2) is 9.18 Å². The molecule has 0 aliphatic rings. The number of halogens is 1. The van der Waals surface area contributed by atoms with Crippen molar-refractivity contribution < 1.29 is 14.3 Å². The molecule has 0 saturated heterocycles. The SMILES string of the molecule is O=C(O)c1cc(F)cc(-c2cc(=O)cc[nH]2)c1. The lowest BCUT2D eigenvalue weighted by atomic mass is 10.1. The predicted octanol–water partition coefficient (Wildman–Crippen LogP) is 1.88. The van der Waals surface area contributed by atoms with Gasteiger partial charge in [0.15, 0.2) is 5.43 Å². The Kier molecular flexibility index (Phi) is 2.74. The molecule has 2 aromatic rings. The number of H-pyrrole nitrogens is 1. The van der Waals surface area contributed by atoms with E-state index in [1.54, 1.807) is 0 Å². The van der Waals surface area contributed by atoms with Gasteiger partial charge in [0.2, 0.25) is 0 Å². The van der Waals surface area contributed by atoms with Crippen LogP contribution in [0.2, 0.25) is 0 Å². The lowest BCUT2D eigenvalue weighted by molar-refractivity contribution is 0.0696. The Labute approximate surface area is 95.4 Å². The third kappa shape index (κ3) is 2.39. The van der Waals surface area contributed by atoms with Gasteiger partial charge in [-0.15, -0.1) is 0 Å². The van der Waals surface area contributed by atoms with Gasteiger partial charge in [0.25, 0.3) is 0 Å². The molecule has 1 aromatic heterocycles. The lowest BCUT2D eigenvalue weighted by Crippen LogP contribution is -2.01. The Balaban J connectivity index is 2.59. The summed E-state index contributed by atoms with van der Waals surface area (Å²) in [7, 11) is 0. The third-order valence-corrected chi connectivity index (χ3v) is 2.23. The second kappa shape index (κ2) is 4.21. The number of carboxylic acid groups (broad SMARTS) is 1. The van der Waals surface area contributed by atoms with Gasteiger partial charge in [0.05, 0.1) is 5.56 Å². The molecule has 4 nitrogen and oxygen atoms in total. The first-order valence-corrected chi connectivity index (χ1v) is 4.79. The molecule has 5 heteroatoms. The van der Waals surface area contributed by atoms with Crippen molar-refractivity contribution in [2.45, 2.75) is 0 Å². The molecule has 0 atom stereocenters. The topological polar surface area (TPSA) is 70.2 Å².